The zero-order valence-electron chi connectivity index (χ0n) is 22.2. The smallest absolute Gasteiger partial charge is 0.333 e. The molecule has 0 heterocycles. The summed E-state index contributed by atoms with van der Waals surface area (Å²) in [5, 5.41) is 19.0. The fourth-order valence-corrected chi connectivity index (χ4v) is 5.30. The summed E-state index contributed by atoms with van der Waals surface area (Å²) in [5.41, 5.74) is 8.29. The van der Waals surface area contributed by atoms with Gasteiger partial charge in [-0.2, -0.15) is 0 Å². The van der Waals surface area contributed by atoms with Crippen molar-refractivity contribution < 1.29 is 19.7 Å². The van der Waals surface area contributed by atoms with Crippen molar-refractivity contribution >= 4 is 5.97 Å². The molecule has 2 aromatic rings. The Morgan fingerprint density at radius 2 is 1.75 bits per heavy atom. The van der Waals surface area contributed by atoms with Crippen LogP contribution in [0.15, 0.2) is 48.6 Å². The third-order valence-electron chi connectivity index (χ3n) is 7.61. The van der Waals surface area contributed by atoms with E-state index in [4.69, 9.17) is 4.74 Å². The van der Waals surface area contributed by atoms with Crippen molar-refractivity contribution in [2.45, 2.75) is 84.0 Å². The minimum absolute atomic E-state index is 0.00598. The maximum absolute atomic E-state index is 11.7. The third kappa shape index (κ3) is 7.78. The largest absolute Gasteiger partial charge is 0.462 e. The topological polar surface area (TPSA) is 66.8 Å². The number of benzene rings is 2. The van der Waals surface area contributed by atoms with Gasteiger partial charge < -0.3 is 14.9 Å². The Labute approximate surface area is 217 Å². The molecule has 0 spiro atoms. The van der Waals surface area contributed by atoms with Crippen molar-refractivity contribution in [2.24, 2.45) is 5.92 Å². The second-order valence-electron chi connectivity index (χ2n) is 10.4. The molecule has 3 rings (SSSR count). The Kier molecular flexibility index (Phi) is 11.2. The van der Waals surface area contributed by atoms with Crippen LogP contribution in [-0.2, 0) is 28.8 Å². The zero-order valence-corrected chi connectivity index (χ0v) is 22.2. The van der Waals surface area contributed by atoms with Gasteiger partial charge in [-0.3, -0.25) is 0 Å². The molecule has 1 aliphatic carbocycles. The summed E-state index contributed by atoms with van der Waals surface area (Å²) in [4.78, 5) is 11.7. The van der Waals surface area contributed by atoms with Crippen LogP contribution in [0.3, 0.4) is 0 Å². The van der Waals surface area contributed by atoms with Gasteiger partial charge in [0.05, 0.1) is 6.61 Å². The van der Waals surface area contributed by atoms with Crippen LogP contribution in [0.2, 0.25) is 0 Å². The second-order valence-corrected chi connectivity index (χ2v) is 10.4. The summed E-state index contributed by atoms with van der Waals surface area (Å²) in [7, 11) is 0. The van der Waals surface area contributed by atoms with Gasteiger partial charge >= 0.3 is 5.97 Å². The molecule has 4 heteroatoms. The molecule has 0 unspecified atom stereocenters. The van der Waals surface area contributed by atoms with E-state index in [2.05, 4.69) is 49.9 Å². The SMILES string of the molecule is C=C(C)C(=O)OCCCc1cc(-c2ccc(C3CCCCC3)cc2CC)ccc1CCC(CO)CO. The number of hydrogen-bond donors (Lipinski definition) is 2. The Bertz CT molecular complexity index is 999. The number of ether oxygens (including phenoxy) is 1. The molecule has 0 saturated heterocycles. The van der Waals surface area contributed by atoms with Crippen molar-refractivity contribution in [1.29, 1.82) is 0 Å². The van der Waals surface area contributed by atoms with Crippen LogP contribution in [0.4, 0.5) is 0 Å². The highest BCUT2D eigenvalue weighted by Gasteiger charge is 2.17. The van der Waals surface area contributed by atoms with Crippen molar-refractivity contribution in [3.63, 3.8) is 0 Å². The minimum atomic E-state index is -0.344. The summed E-state index contributed by atoms with van der Waals surface area (Å²) in [6, 6.07) is 13.8. The number of carbonyl (C=O) groups excluding carboxylic acids is 1. The van der Waals surface area contributed by atoms with Gasteiger partial charge in [-0.25, -0.2) is 4.79 Å². The number of esters is 1. The fourth-order valence-electron chi connectivity index (χ4n) is 5.30. The molecule has 4 nitrogen and oxygen atoms in total. The molecule has 0 amide bonds. The van der Waals surface area contributed by atoms with Gasteiger partial charge in [0.15, 0.2) is 0 Å². The van der Waals surface area contributed by atoms with Crippen molar-refractivity contribution in [1.82, 2.24) is 0 Å². The first-order valence-electron chi connectivity index (χ1n) is 13.8. The normalized spacial score (nSPS) is 14.2. The summed E-state index contributed by atoms with van der Waals surface area (Å²) < 4.78 is 5.32. The van der Waals surface area contributed by atoms with Crippen LogP contribution >= 0.6 is 0 Å². The van der Waals surface area contributed by atoms with Crippen molar-refractivity contribution in [2.75, 3.05) is 19.8 Å². The summed E-state index contributed by atoms with van der Waals surface area (Å²) >= 11 is 0. The molecular weight excluding hydrogens is 448 g/mol. The lowest BCUT2D eigenvalue weighted by Crippen LogP contribution is -2.12. The van der Waals surface area contributed by atoms with Gasteiger partial charge in [-0.15, -0.1) is 0 Å². The van der Waals surface area contributed by atoms with E-state index in [9.17, 15) is 15.0 Å². The molecule has 1 fully saturated rings. The number of aryl methyl sites for hydroxylation is 3. The molecule has 0 atom stereocenters. The number of aliphatic hydroxyl groups excluding tert-OH is 2. The first kappa shape index (κ1) is 28.1. The highest BCUT2D eigenvalue weighted by molar-refractivity contribution is 5.86. The second kappa shape index (κ2) is 14.3. The molecule has 2 aromatic carbocycles. The van der Waals surface area contributed by atoms with E-state index in [-0.39, 0.29) is 25.1 Å². The van der Waals surface area contributed by atoms with Crippen LogP contribution in [0, 0.1) is 5.92 Å². The Morgan fingerprint density at radius 3 is 2.42 bits per heavy atom. The van der Waals surface area contributed by atoms with Crippen LogP contribution in [0.5, 0.6) is 0 Å². The molecule has 1 aliphatic rings. The average Bonchev–Trinajstić information content (AvgIpc) is 2.92. The Balaban J connectivity index is 1.82. The van der Waals surface area contributed by atoms with Crippen molar-refractivity contribution in [3.05, 3.63) is 70.8 Å². The summed E-state index contributed by atoms with van der Waals surface area (Å²) in [5.74, 6) is 0.250. The Morgan fingerprint density at radius 1 is 1.00 bits per heavy atom. The lowest BCUT2D eigenvalue weighted by atomic mass is 9.82. The van der Waals surface area contributed by atoms with Gasteiger partial charge in [-0.05, 0) is 91.2 Å². The van der Waals surface area contributed by atoms with E-state index in [1.807, 2.05) is 0 Å². The monoisotopic (exact) mass is 492 g/mol. The van der Waals surface area contributed by atoms with E-state index in [1.165, 1.54) is 65.5 Å². The quantitative estimate of drug-likeness (QED) is 0.189. The van der Waals surface area contributed by atoms with E-state index in [1.54, 1.807) is 6.92 Å². The molecule has 36 heavy (non-hydrogen) atoms. The van der Waals surface area contributed by atoms with E-state index in [0.717, 1.165) is 32.1 Å². The van der Waals surface area contributed by atoms with Gasteiger partial charge in [-0.1, -0.05) is 69.2 Å². The number of carbonyl (C=O) groups is 1. The number of aliphatic hydroxyl groups is 2. The highest BCUT2D eigenvalue weighted by atomic mass is 16.5. The highest BCUT2D eigenvalue weighted by Crippen LogP contribution is 2.36. The minimum Gasteiger partial charge on any atom is -0.462 e. The lowest BCUT2D eigenvalue weighted by Gasteiger charge is -2.23. The maximum atomic E-state index is 11.7. The summed E-state index contributed by atoms with van der Waals surface area (Å²) in [6.45, 7) is 7.89. The van der Waals surface area contributed by atoms with Crippen LogP contribution in [0.1, 0.15) is 87.0 Å². The summed E-state index contributed by atoms with van der Waals surface area (Å²) in [6.07, 6.45) is 10.7. The van der Waals surface area contributed by atoms with Crippen molar-refractivity contribution in [3.8, 4) is 11.1 Å². The average molecular weight is 493 g/mol. The number of rotatable bonds is 13. The van der Waals surface area contributed by atoms with Crippen LogP contribution < -0.4 is 0 Å². The third-order valence-corrected chi connectivity index (χ3v) is 7.61. The van der Waals surface area contributed by atoms with Gasteiger partial charge in [0, 0.05) is 24.7 Å². The predicted octanol–water partition coefficient (Wildman–Crippen LogP) is 6.55. The molecule has 0 aliphatic heterocycles. The molecule has 196 valence electrons. The van der Waals surface area contributed by atoms with E-state index >= 15 is 0 Å². The molecule has 0 bridgehead atoms. The molecule has 0 aromatic heterocycles. The lowest BCUT2D eigenvalue weighted by molar-refractivity contribution is -0.139. The van der Waals surface area contributed by atoms with E-state index in [0.29, 0.717) is 18.1 Å². The molecule has 1 saturated carbocycles. The zero-order chi connectivity index (χ0) is 25.9. The van der Waals surface area contributed by atoms with E-state index < -0.39 is 0 Å². The van der Waals surface area contributed by atoms with Gasteiger partial charge in [0.25, 0.3) is 0 Å². The predicted molar refractivity (Wildman–Crippen MR) is 147 cm³/mol. The van der Waals surface area contributed by atoms with Crippen LogP contribution in [-0.4, -0.2) is 36.0 Å². The molecule has 0 radical (unpaired) electrons. The van der Waals surface area contributed by atoms with Gasteiger partial charge in [0.2, 0.25) is 0 Å². The first-order chi connectivity index (χ1) is 17.5. The number of hydrogen-bond acceptors (Lipinski definition) is 4. The molecular formula is C32H44O4. The van der Waals surface area contributed by atoms with Gasteiger partial charge in [0.1, 0.15) is 0 Å². The standard InChI is InChI=1S/C32H44O4/c1-4-25-19-29(26-9-6-5-7-10-26)16-17-31(25)30-15-14-27(13-12-24(21-33)22-34)28(20-30)11-8-18-36-32(35)23(2)3/h14-17,19-20,24,26,33-34H,2,4-13,18,21-22H2,1,3H3. The molecule has 2 N–H and O–H groups in total. The Hall–Kier alpha value is -2.43. The fraction of sp³-hybridized carbons (Fsp3) is 0.531. The first-order valence-corrected chi connectivity index (χ1v) is 13.8. The van der Waals surface area contributed by atoms with Crippen LogP contribution in [0.25, 0.3) is 11.1 Å². The maximum Gasteiger partial charge on any atom is 0.333 e.